The first kappa shape index (κ1) is 17.2. The van der Waals surface area contributed by atoms with Gasteiger partial charge in [-0.25, -0.2) is 15.0 Å². The number of anilines is 2. The van der Waals surface area contributed by atoms with Crippen molar-refractivity contribution >= 4 is 29.3 Å². The molecule has 0 atom stereocenters. The lowest BCUT2D eigenvalue weighted by Crippen LogP contribution is -2.16. The number of rotatable bonds is 4. The normalized spacial score (nSPS) is 12.3. The summed E-state index contributed by atoms with van der Waals surface area (Å²) in [5, 5.41) is 7.52. The van der Waals surface area contributed by atoms with E-state index in [9.17, 15) is 4.79 Å². The highest BCUT2D eigenvalue weighted by molar-refractivity contribution is 6.30. The number of methoxy groups -OCH3 is 1. The first-order valence-electron chi connectivity index (χ1n) is 8.17. The molecule has 0 spiro atoms. The van der Waals surface area contributed by atoms with Crippen molar-refractivity contribution in [3.63, 3.8) is 0 Å². The molecule has 0 aromatic carbocycles. The zero-order chi connectivity index (χ0) is 19.1. The number of aromatic nitrogens is 5. The summed E-state index contributed by atoms with van der Waals surface area (Å²) in [6, 6.07) is 3.42. The van der Waals surface area contributed by atoms with Gasteiger partial charge in [0.2, 0.25) is 5.95 Å². The van der Waals surface area contributed by atoms with Gasteiger partial charge in [0.15, 0.2) is 16.6 Å². The summed E-state index contributed by atoms with van der Waals surface area (Å²) in [6.45, 7) is 0. The van der Waals surface area contributed by atoms with Crippen LogP contribution in [0.3, 0.4) is 0 Å². The topological polar surface area (TPSA) is 121 Å². The lowest BCUT2D eigenvalue weighted by molar-refractivity contribution is 0.0994. The van der Waals surface area contributed by atoms with Gasteiger partial charge in [0.25, 0.3) is 5.91 Å². The summed E-state index contributed by atoms with van der Waals surface area (Å²) in [7, 11) is 3.29. The molecule has 9 nitrogen and oxygen atoms in total. The molecule has 3 aromatic rings. The van der Waals surface area contributed by atoms with Crippen LogP contribution >= 0.6 is 11.6 Å². The van der Waals surface area contributed by atoms with Gasteiger partial charge in [-0.3, -0.25) is 9.48 Å². The molecule has 3 aromatic heterocycles. The number of hydrogen-bond donors (Lipinski definition) is 2. The lowest BCUT2D eigenvalue weighted by Gasteiger charge is -2.17. The fraction of sp³-hybridized carbons (Fsp3) is 0.235. The van der Waals surface area contributed by atoms with E-state index in [1.165, 1.54) is 7.11 Å². The van der Waals surface area contributed by atoms with Gasteiger partial charge >= 0.3 is 0 Å². The number of nitrogens with two attached hydrogens (primary N) is 1. The van der Waals surface area contributed by atoms with E-state index in [1.807, 2.05) is 0 Å². The standard InChI is InChI=1S/C17H16ClN7O2/c1-25-14-9(13(24-25)16(19)26)4-3-8-7-20-17(23-12(8)14)22-11-6-5-10(27-2)15(18)21-11/h5-7H,3-4H2,1-2H3,(H2,19,26)(H,20,21,22,23). The molecule has 3 N–H and O–H groups in total. The first-order valence-corrected chi connectivity index (χ1v) is 8.55. The Balaban J connectivity index is 1.73. The van der Waals surface area contributed by atoms with Crippen molar-refractivity contribution in [2.45, 2.75) is 12.8 Å². The van der Waals surface area contributed by atoms with Gasteiger partial charge in [-0.05, 0) is 30.5 Å². The number of nitrogens with one attached hydrogen (secondary N) is 1. The van der Waals surface area contributed by atoms with Gasteiger partial charge in [-0.15, -0.1) is 0 Å². The van der Waals surface area contributed by atoms with Crippen molar-refractivity contribution < 1.29 is 9.53 Å². The van der Waals surface area contributed by atoms with Crippen molar-refractivity contribution in [1.82, 2.24) is 24.7 Å². The Kier molecular flexibility index (Phi) is 4.15. The maximum absolute atomic E-state index is 11.7. The molecular weight excluding hydrogens is 370 g/mol. The SMILES string of the molecule is COc1ccc(Nc2ncc3c(n2)-c2c(c(C(N)=O)nn2C)CC3)nc1Cl. The maximum atomic E-state index is 11.7. The zero-order valence-corrected chi connectivity index (χ0v) is 15.4. The van der Waals surface area contributed by atoms with E-state index in [0.29, 0.717) is 30.4 Å². The third-order valence-electron chi connectivity index (χ3n) is 4.39. The molecule has 0 bridgehead atoms. The number of amides is 1. The number of hydrogen-bond acceptors (Lipinski definition) is 7. The molecule has 1 amide bonds. The predicted molar refractivity (Wildman–Crippen MR) is 99.2 cm³/mol. The average molecular weight is 386 g/mol. The van der Waals surface area contributed by atoms with Crippen LogP contribution in [0.15, 0.2) is 18.3 Å². The fourth-order valence-corrected chi connectivity index (χ4v) is 3.40. The first-order chi connectivity index (χ1) is 13.0. The van der Waals surface area contributed by atoms with E-state index < -0.39 is 5.91 Å². The van der Waals surface area contributed by atoms with Gasteiger partial charge in [0.1, 0.15) is 5.82 Å². The molecule has 1 aliphatic rings. The van der Waals surface area contributed by atoms with Gasteiger partial charge in [-0.2, -0.15) is 5.10 Å². The number of carbonyl (C=O) groups excluding carboxylic acids is 1. The molecule has 4 rings (SSSR count). The number of nitrogens with zero attached hydrogens (tertiary/aromatic N) is 5. The van der Waals surface area contributed by atoms with E-state index in [1.54, 1.807) is 30.1 Å². The molecule has 1 aliphatic carbocycles. The highest BCUT2D eigenvalue weighted by atomic mass is 35.5. The van der Waals surface area contributed by atoms with Gasteiger partial charge in [0, 0.05) is 18.8 Å². The molecule has 0 unspecified atom stereocenters. The van der Waals surface area contributed by atoms with E-state index in [0.717, 1.165) is 22.5 Å². The molecule has 10 heteroatoms. The number of primary amides is 1. The van der Waals surface area contributed by atoms with E-state index in [-0.39, 0.29) is 10.8 Å². The molecular formula is C17H16ClN7O2. The number of aryl methyl sites for hydroxylation is 2. The van der Waals surface area contributed by atoms with Crippen LogP contribution in [0.25, 0.3) is 11.4 Å². The van der Waals surface area contributed by atoms with Crippen molar-refractivity contribution in [2.24, 2.45) is 12.8 Å². The van der Waals surface area contributed by atoms with Gasteiger partial charge in [0.05, 0.1) is 18.5 Å². The van der Waals surface area contributed by atoms with Crippen molar-refractivity contribution in [3.05, 3.63) is 40.3 Å². The van der Waals surface area contributed by atoms with Gasteiger partial charge in [-0.1, -0.05) is 11.6 Å². The molecule has 0 radical (unpaired) electrons. The van der Waals surface area contributed by atoms with Crippen LogP contribution in [-0.4, -0.2) is 37.7 Å². The number of carbonyl (C=O) groups is 1. The van der Waals surface area contributed by atoms with E-state index >= 15 is 0 Å². The highest BCUT2D eigenvalue weighted by Gasteiger charge is 2.28. The summed E-state index contributed by atoms with van der Waals surface area (Å²) in [5.41, 5.74) is 9.02. The minimum Gasteiger partial charge on any atom is -0.494 e. The highest BCUT2D eigenvalue weighted by Crippen LogP contribution is 2.34. The fourth-order valence-electron chi connectivity index (χ4n) is 3.17. The van der Waals surface area contributed by atoms with Crippen molar-refractivity contribution in [3.8, 4) is 17.1 Å². The number of pyridine rings is 1. The molecule has 3 heterocycles. The summed E-state index contributed by atoms with van der Waals surface area (Å²) in [6.07, 6.45) is 3.14. The lowest BCUT2D eigenvalue weighted by atomic mass is 9.93. The minimum absolute atomic E-state index is 0.237. The summed E-state index contributed by atoms with van der Waals surface area (Å²) < 4.78 is 6.73. The quantitative estimate of drug-likeness (QED) is 0.657. The summed E-state index contributed by atoms with van der Waals surface area (Å²) in [4.78, 5) is 24.8. The van der Waals surface area contributed by atoms with Crippen LogP contribution in [-0.2, 0) is 19.9 Å². The average Bonchev–Trinajstić information content (AvgIpc) is 2.99. The van der Waals surface area contributed by atoms with Crippen LogP contribution in [0.1, 0.15) is 21.6 Å². The van der Waals surface area contributed by atoms with Crippen molar-refractivity contribution in [1.29, 1.82) is 0 Å². The van der Waals surface area contributed by atoms with Crippen LogP contribution in [0.5, 0.6) is 5.75 Å². The third-order valence-corrected chi connectivity index (χ3v) is 4.66. The molecule has 27 heavy (non-hydrogen) atoms. The van der Waals surface area contributed by atoms with Crippen LogP contribution < -0.4 is 15.8 Å². The zero-order valence-electron chi connectivity index (χ0n) is 14.7. The smallest absolute Gasteiger partial charge is 0.269 e. The third kappa shape index (κ3) is 2.95. The Morgan fingerprint density at radius 1 is 1.33 bits per heavy atom. The van der Waals surface area contributed by atoms with E-state index in [2.05, 4.69) is 25.4 Å². The Bertz CT molecular complexity index is 1060. The molecule has 138 valence electrons. The number of ether oxygens (including phenoxy) is 1. The Labute approximate surface area is 159 Å². The largest absolute Gasteiger partial charge is 0.494 e. The Morgan fingerprint density at radius 3 is 2.85 bits per heavy atom. The second-order valence-corrected chi connectivity index (χ2v) is 6.40. The Morgan fingerprint density at radius 2 is 2.15 bits per heavy atom. The maximum Gasteiger partial charge on any atom is 0.269 e. The van der Waals surface area contributed by atoms with Crippen LogP contribution in [0.4, 0.5) is 11.8 Å². The molecule has 0 saturated heterocycles. The Hall–Kier alpha value is -3.20. The molecule has 0 saturated carbocycles. The van der Waals surface area contributed by atoms with Gasteiger partial charge < -0.3 is 15.8 Å². The second kappa shape index (κ2) is 6.51. The molecule has 0 aliphatic heterocycles. The monoisotopic (exact) mass is 385 g/mol. The van der Waals surface area contributed by atoms with Crippen LogP contribution in [0.2, 0.25) is 5.15 Å². The number of halogens is 1. The van der Waals surface area contributed by atoms with Crippen molar-refractivity contribution in [2.75, 3.05) is 12.4 Å². The minimum atomic E-state index is -0.542. The predicted octanol–water partition coefficient (Wildman–Crippen LogP) is 1.88. The second-order valence-electron chi connectivity index (χ2n) is 6.05. The summed E-state index contributed by atoms with van der Waals surface area (Å²) >= 11 is 6.06. The van der Waals surface area contributed by atoms with E-state index in [4.69, 9.17) is 22.1 Å². The summed E-state index contributed by atoms with van der Waals surface area (Å²) in [5.74, 6) is 0.781. The molecule has 0 fully saturated rings. The number of fused-ring (bicyclic) bond motifs is 3. The van der Waals surface area contributed by atoms with Crippen LogP contribution in [0, 0.1) is 0 Å².